The molecule has 8 N–H and O–H groups in total. The van der Waals surface area contributed by atoms with Gasteiger partial charge in [-0.1, -0.05) is 0 Å². The largest absolute Gasteiger partial charge is 0.479 e. The molecule has 0 bridgehead atoms. The van der Waals surface area contributed by atoms with Crippen LogP contribution in [-0.4, -0.2) is 77.0 Å². The zero-order chi connectivity index (χ0) is 17.0. The minimum atomic E-state index is -5.33. The van der Waals surface area contributed by atoms with Crippen molar-refractivity contribution in [2.24, 2.45) is 0 Å². The fourth-order valence-electron chi connectivity index (χ4n) is 1.08. The Morgan fingerprint density at radius 1 is 0.952 bits per heavy atom. The van der Waals surface area contributed by atoms with Gasteiger partial charge in [-0.15, -0.1) is 0 Å². The van der Waals surface area contributed by atoms with E-state index in [1.807, 2.05) is 0 Å². The van der Waals surface area contributed by atoms with E-state index in [1.54, 1.807) is 0 Å². The van der Waals surface area contributed by atoms with Crippen LogP contribution in [0.15, 0.2) is 0 Å². The summed E-state index contributed by atoms with van der Waals surface area (Å²) >= 11 is 0. The van der Waals surface area contributed by atoms with Crippen molar-refractivity contribution in [3.05, 3.63) is 0 Å². The Morgan fingerprint density at radius 3 is 1.76 bits per heavy atom. The molecule has 13 nitrogen and oxygen atoms in total. The van der Waals surface area contributed by atoms with Gasteiger partial charge in [0, 0.05) is 0 Å². The summed E-state index contributed by atoms with van der Waals surface area (Å²) in [6.45, 7) is -1.19. The minimum absolute atomic E-state index is 1.19. The van der Waals surface area contributed by atoms with E-state index in [9.17, 15) is 29.2 Å². The number of aliphatic carboxylic acids is 1. The summed E-state index contributed by atoms with van der Waals surface area (Å²) in [6.07, 6.45) is -9.69. The third-order valence-corrected chi connectivity index (χ3v) is 2.95. The van der Waals surface area contributed by atoms with Crippen LogP contribution in [0.3, 0.4) is 0 Å². The van der Waals surface area contributed by atoms with Crippen LogP contribution in [-0.2, 0) is 23.0 Å². The van der Waals surface area contributed by atoms with Crippen molar-refractivity contribution in [3.8, 4) is 0 Å². The Hall–Kier alpha value is -0.430. The van der Waals surface area contributed by atoms with Crippen LogP contribution in [0.2, 0.25) is 0 Å². The Bertz CT molecular complexity index is 438. The fourth-order valence-corrected chi connectivity index (χ4v) is 1.94. The van der Waals surface area contributed by atoms with Crippen molar-refractivity contribution in [3.63, 3.8) is 0 Å². The van der Waals surface area contributed by atoms with E-state index < -0.39 is 52.6 Å². The van der Waals surface area contributed by atoms with Crippen molar-refractivity contribution in [2.75, 3.05) is 6.61 Å². The molecule has 0 aliphatic heterocycles. The highest BCUT2D eigenvalue weighted by atomic mass is 31.2. The molecule has 126 valence electrons. The molecule has 0 aromatic heterocycles. The molecule has 0 radical (unpaired) electrons. The number of aliphatic hydroxyl groups is 3. The molecule has 0 rings (SSSR count). The van der Waals surface area contributed by atoms with Gasteiger partial charge in [-0.3, -0.25) is 9.05 Å². The molecule has 0 aromatic rings. The highest BCUT2D eigenvalue weighted by Gasteiger charge is 2.40. The first kappa shape index (κ1) is 20.6. The van der Waals surface area contributed by atoms with Gasteiger partial charge < -0.3 is 40.0 Å². The Kier molecular flexibility index (Phi) is 7.56. The Labute approximate surface area is 116 Å². The van der Waals surface area contributed by atoms with Crippen LogP contribution in [0.25, 0.3) is 0 Å². The molecule has 15 heteroatoms. The van der Waals surface area contributed by atoms with E-state index in [1.165, 1.54) is 0 Å². The summed E-state index contributed by atoms with van der Waals surface area (Å²) in [6, 6.07) is 0. The minimum Gasteiger partial charge on any atom is -0.479 e. The SMILES string of the molecule is O=C(O)C(OP(=O)(O)O)[C@@H](O)[C@H](O)[C@H](O)COP(=O)(O)O. The molecular weight excluding hydrogens is 342 g/mol. The van der Waals surface area contributed by atoms with Gasteiger partial charge in [0.2, 0.25) is 0 Å². The second-order valence-corrected chi connectivity index (χ2v) is 6.12. The molecule has 1 unspecified atom stereocenters. The molecule has 0 heterocycles. The highest BCUT2D eigenvalue weighted by molar-refractivity contribution is 7.46. The van der Waals surface area contributed by atoms with Gasteiger partial charge in [0.1, 0.15) is 18.3 Å². The van der Waals surface area contributed by atoms with Gasteiger partial charge in [0.05, 0.1) is 6.61 Å². The first-order valence-electron chi connectivity index (χ1n) is 4.95. The summed E-state index contributed by atoms with van der Waals surface area (Å²) in [4.78, 5) is 44.3. The number of hydrogen-bond donors (Lipinski definition) is 8. The van der Waals surface area contributed by atoms with E-state index in [0.29, 0.717) is 0 Å². The maximum absolute atomic E-state index is 10.7. The van der Waals surface area contributed by atoms with Gasteiger partial charge in [0.15, 0.2) is 6.10 Å². The van der Waals surface area contributed by atoms with Crippen LogP contribution >= 0.6 is 15.6 Å². The van der Waals surface area contributed by atoms with Gasteiger partial charge in [-0.2, -0.15) is 0 Å². The predicted molar refractivity (Wildman–Crippen MR) is 60.6 cm³/mol. The second kappa shape index (κ2) is 7.72. The van der Waals surface area contributed by atoms with E-state index in [4.69, 9.17) is 24.7 Å². The topological polar surface area (TPSA) is 232 Å². The third-order valence-electron chi connectivity index (χ3n) is 1.96. The highest BCUT2D eigenvalue weighted by Crippen LogP contribution is 2.39. The van der Waals surface area contributed by atoms with Crippen LogP contribution in [0.5, 0.6) is 0 Å². The summed E-state index contributed by atoms with van der Waals surface area (Å²) in [5.74, 6) is -2.06. The zero-order valence-electron chi connectivity index (χ0n) is 10.0. The molecule has 0 aromatic carbocycles. The number of carboxylic acids is 1. The van der Waals surface area contributed by atoms with E-state index in [-0.39, 0.29) is 0 Å². The molecule has 0 aliphatic carbocycles. The van der Waals surface area contributed by atoms with Gasteiger partial charge in [-0.05, 0) is 0 Å². The number of carbonyl (C=O) groups is 1. The lowest BCUT2D eigenvalue weighted by molar-refractivity contribution is -0.162. The molecular formula is C6H14O13P2. The van der Waals surface area contributed by atoms with E-state index >= 15 is 0 Å². The maximum Gasteiger partial charge on any atom is 0.470 e. The first-order valence-corrected chi connectivity index (χ1v) is 8.01. The number of hydrogen-bond acceptors (Lipinski definition) is 8. The van der Waals surface area contributed by atoms with Crippen LogP contribution < -0.4 is 0 Å². The average molecular weight is 356 g/mol. The normalized spacial score (nSPS) is 18.8. The Morgan fingerprint density at radius 2 is 1.43 bits per heavy atom. The van der Waals surface area contributed by atoms with Crippen LogP contribution in [0.1, 0.15) is 0 Å². The molecule has 0 fully saturated rings. The maximum atomic E-state index is 10.7. The van der Waals surface area contributed by atoms with E-state index in [2.05, 4.69) is 9.05 Å². The van der Waals surface area contributed by atoms with Crippen LogP contribution in [0, 0.1) is 0 Å². The average Bonchev–Trinajstić information content (AvgIpc) is 2.28. The quantitative estimate of drug-likeness (QED) is 0.190. The lowest BCUT2D eigenvalue weighted by atomic mass is 10.0. The lowest BCUT2D eigenvalue weighted by Crippen LogP contribution is -2.49. The standard InChI is InChI=1S/C6H14O13P2/c7-2(1-18-20(12,13)14)3(8)4(9)5(6(10)11)19-21(15,16)17/h2-5,7-9H,1H2,(H,10,11)(H2,12,13,14)(H2,15,16,17)/t2-,3-,4+,5?/m1/s1. The monoisotopic (exact) mass is 356 g/mol. The molecule has 0 amide bonds. The smallest absolute Gasteiger partial charge is 0.470 e. The van der Waals surface area contributed by atoms with Crippen LogP contribution in [0.4, 0.5) is 0 Å². The summed E-state index contributed by atoms with van der Waals surface area (Å²) in [7, 11) is -10.3. The fraction of sp³-hybridized carbons (Fsp3) is 0.833. The van der Waals surface area contributed by atoms with Gasteiger partial charge in [-0.25, -0.2) is 13.9 Å². The molecule has 0 aliphatic rings. The predicted octanol–water partition coefficient (Wildman–Crippen LogP) is -3.26. The number of phosphoric acid groups is 2. The number of aliphatic hydroxyl groups excluding tert-OH is 3. The van der Waals surface area contributed by atoms with Crippen molar-refractivity contribution in [1.82, 2.24) is 0 Å². The van der Waals surface area contributed by atoms with Gasteiger partial charge >= 0.3 is 21.6 Å². The number of carboxylic acid groups (broad SMARTS) is 1. The summed E-state index contributed by atoms with van der Waals surface area (Å²) < 4.78 is 28.4. The molecule has 21 heavy (non-hydrogen) atoms. The Balaban J connectivity index is 4.84. The summed E-state index contributed by atoms with van der Waals surface area (Å²) in [5, 5.41) is 36.7. The zero-order valence-corrected chi connectivity index (χ0v) is 11.8. The lowest BCUT2D eigenvalue weighted by Gasteiger charge is -2.27. The molecule has 0 spiro atoms. The molecule has 0 saturated carbocycles. The number of phosphoric ester groups is 2. The summed E-state index contributed by atoms with van der Waals surface area (Å²) in [5.41, 5.74) is 0. The van der Waals surface area contributed by atoms with E-state index in [0.717, 1.165) is 0 Å². The van der Waals surface area contributed by atoms with Crippen molar-refractivity contribution < 1.29 is 63.0 Å². The second-order valence-electron chi connectivity index (χ2n) is 3.69. The van der Waals surface area contributed by atoms with Crippen molar-refractivity contribution in [2.45, 2.75) is 24.4 Å². The third kappa shape index (κ3) is 8.56. The van der Waals surface area contributed by atoms with Crippen molar-refractivity contribution >= 4 is 21.6 Å². The molecule has 0 saturated heterocycles. The number of rotatable bonds is 9. The van der Waals surface area contributed by atoms with Crippen molar-refractivity contribution in [1.29, 1.82) is 0 Å². The first-order chi connectivity index (χ1) is 9.24. The van der Waals surface area contributed by atoms with Gasteiger partial charge in [0.25, 0.3) is 0 Å². The molecule has 4 atom stereocenters.